The summed E-state index contributed by atoms with van der Waals surface area (Å²) in [4.78, 5) is 9.26. The number of piperidine rings is 1. The van der Waals surface area contributed by atoms with Crippen molar-refractivity contribution in [2.75, 3.05) is 18.0 Å². The lowest BCUT2D eigenvalue weighted by Crippen LogP contribution is -2.45. The summed E-state index contributed by atoms with van der Waals surface area (Å²) in [5.41, 5.74) is -0.360. The highest BCUT2D eigenvalue weighted by molar-refractivity contribution is 7.88. The zero-order chi connectivity index (χ0) is 21.2. The van der Waals surface area contributed by atoms with Gasteiger partial charge in [0.25, 0.3) is 0 Å². The summed E-state index contributed by atoms with van der Waals surface area (Å²) in [6.07, 6.45) is -3.62. The van der Waals surface area contributed by atoms with E-state index in [1.165, 1.54) is 6.92 Å². The Bertz CT molecular complexity index is 960. The van der Waals surface area contributed by atoms with Crippen molar-refractivity contribution in [3.8, 4) is 0 Å². The van der Waals surface area contributed by atoms with Gasteiger partial charge >= 0.3 is 6.18 Å². The largest absolute Gasteiger partial charge is 0.433 e. The lowest BCUT2D eigenvalue weighted by molar-refractivity contribution is -0.141. The molecule has 1 aromatic carbocycles. The third-order valence-corrected chi connectivity index (χ3v) is 6.21. The molecule has 0 saturated carbocycles. The second kappa shape index (κ2) is 8.45. The van der Waals surface area contributed by atoms with E-state index in [-0.39, 0.29) is 23.4 Å². The van der Waals surface area contributed by atoms with Crippen LogP contribution in [0.5, 0.6) is 0 Å². The van der Waals surface area contributed by atoms with Crippen LogP contribution in [0.4, 0.5) is 19.0 Å². The number of halogens is 4. The Morgan fingerprint density at radius 2 is 1.79 bits per heavy atom. The zero-order valence-corrected chi connectivity index (χ0v) is 17.2. The van der Waals surface area contributed by atoms with Crippen LogP contribution in [0.15, 0.2) is 30.3 Å². The Balaban J connectivity index is 1.60. The van der Waals surface area contributed by atoms with Crippen molar-refractivity contribution in [1.29, 1.82) is 0 Å². The van der Waals surface area contributed by atoms with Crippen LogP contribution >= 0.6 is 11.6 Å². The number of benzene rings is 1. The van der Waals surface area contributed by atoms with Gasteiger partial charge in [-0.3, -0.25) is 0 Å². The first kappa shape index (κ1) is 21.8. The minimum Gasteiger partial charge on any atom is -0.356 e. The Morgan fingerprint density at radius 3 is 2.38 bits per heavy atom. The second-order valence-electron chi connectivity index (χ2n) is 6.92. The highest BCUT2D eigenvalue weighted by Crippen LogP contribution is 2.30. The van der Waals surface area contributed by atoms with Crippen molar-refractivity contribution in [3.05, 3.63) is 52.4 Å². The van der Waals surface area contributed by atoms with E-state index in [4.69, 9.17) is 11.6 Å². The maximum absolute atomic E-state index is 13.0. The lowest BCUT2D eigenvalue weighted by Gasteiger charge is -2.33. The van der Waals surface area contributed by atoms with Gasteiger partial charge < -0.3 is 4.90 Å². The minimum atomic E-state index is -4.54. The van der Waals surface area contributed by atoms with E-state index in [9.17, 15) is 21.6 Å². The van der Waals surface area contributed by atoms with Gasteiger partial charge in [0.15, 0.2) is 0 Å². The predicted molar refractivity (Wildman–Crippen MR) is 104 cm³/mol. The molecule has 158 valence electrons. The molecule has 0 bridgehead atoms. The van der Waals surface area contributed by atoms with E-state index < -0.39 is 21.9 Å². The molecule has 0 amide bonds. The monoisotopic (exact) mass is 448 g/mol. The van der Waals surface area contributed by atoms with E-state index in [0.29, 0.717) is 36.5 Å². The number of sulfonamides is 1. The van der Waals surface area contributed by atoms with Crippen molar-refractivity contribution in [2.45, 2.75) is 37.7 Å². The molecule has 1 aromatic heterocycles. The quantitative estimate of drug-likeness (QED) is 0.757. The molecule has 0 atom stereocenters. The molecule has 3 rings (SSSR count). The maximum atomic E-state index is 13.0. The molecule has 1 saturated heterocycles. The van der Waals surface area contributed by atoms with Crippen molar-refractivity contribution in [2.24, 2.45) is 0 Å². The molecular formula is C18H20ClF3N4O2S. The SMILES string of the molecule is Cc1nc(N2CCC(NS(=O)(=O)Cc3ccc(Cl)cc3)CC2)cc(C(F)(F)F)n1. The molecule has 0 unspecified atom stereocenters. The fourth-order valence-corrected chi connectivity index (χ4v) is 4.77. The third-order valence-electron chi connectivity index (χ3n) is 4.55. The normalized spacial score (nSPS) is 16.2. The number of alkyl halides is 3. The van der Waals surface area contributed by atoms with Crippen LogP contribution in [0, 0.1) is 6.92 Å². The van der Waals surface area contributed by atoms with Gasteiger partial charge in [-0.15, -0.1) is 0 Å². The molecule has 1 aliphatic rings. The highest BCUT2D eigenvalue weighted by atomic mass is 35.5. The molecule has 6 nitrogen and oxygen atoms in total. The molecular weight excluding hydrogens is 429 g/mol. The number of aromatic nitrogens is 2. The summed E-state index contributed by atoms with van der Waals surface area (Å²) in [6.45, 7) is 2.19. The Morgan fingerprint density at radius 1 is 1.17 bits per heavy atom. The van der Waals surface area contributed by atoms with E-state index in [0.717, 1.165) is 6.07 Å². The van der Waals surface area contributed by atoms with E-state index in [1.54, 1.807) is 29.2 Å². The fraction of sp³-hybridized carbons (Fsp3) is 0.444. The summed E-state index contributed by atoms with van der Waals surface area (Å²) in [6, 6.07) is 7.21. The van der Waals surface area contributed by atoms with E-state index >= 15 is 0 Å². The van der Waals surface area contributed by atoms with Crippen LogP contribution in [0.1, 0.15) is 29.9 Å². The number of nitrogens with one attached hydrogen (secondary N) is 1. The van der Waals surface area contributed by atoms with Crippen molar-refractivity contribution in [1.82, 2.24) is 14.7 Å². The highest BCUT2D eigenvalue weighted by Gasteiger charge is 2.34. The molecule has 0 aliphatic carbocycles. The van der Waals surface area contributed by atoms with E-state index in [2.05, 4.69) is 14.7 Å². The van der Waals surface area contributed by atoms with Gasteiger partial charge in [-0.05, 0) is 37.5 Å². The number of nitrogens with zero attached hydrogens (tertiary/aromatic N) is 3. The first-order valence-electron chi connectivity index (χ1n) is 8.94. The third kappa shape index (κ3) is 6.03. The van der Waals surface area contributed by atoms with Gasteiger partial charge in [0.2, 0.25) is 10.0 Å². The first-order valence-corrected chi connectivity index (χ1v) is 11.0. The van der Waals surface area contributed by atoms with Crippen LogP contribution in [0.25, 0.3) is 0 Å². The van der Waals surface area contributed by atoms with Gasteiger partial charge in [0.05, 0.1) is 5.75 Å². The zero-order valence-electron chi connectivity index (χ0n) is 15.6. The van der Waals surface area contributed by atoms with Gasteiger partial charge in [-0.25, -0.2) is 23.1 Å². The van der Waals surface area contributed by atoms with Gasteiger partial charge in [-0.1, -0.05) is 23.7 Å². The number of anilines is 1. The van der Waals surface area contributed by atoms with Gasteiger partial charge in [-0.2, -0.15) is 13.2 Å². The molecule has 0 radical (unpaired) electrons. The van der Waals surface area contributed by atoms with Crippen molar-refractivity contribution < 1.29 is 21.6 Å². The Kier molecular flexibility index (Phi) is 6.35. The number of rotatable bonds is 5. The summed E-state index contributed by atoms with van der Waals surface area (Å²) >= 11 is 5.81. The molecule has 2 heterocycles. The molecule has 1 fully saturated rings. The molecule has 11 heteroatoms. The van der Waals surface area contributed by atoms with Crippen LogP contribution in [0.3, 0.4) is 0 Å². The van der Waals surface area contributed by atoms with Crippen LogP contribution in [-0.4, -0.2) is 37.5 Å². The number of hydrogen-bond donors (Lipinski definition) is 1. The number of aryl methyl sites for hydroxylation is 1. The Labute approximate surface area is 172 Å². The second-order valence-corrected chi connectivity index (χ2v) is 9.11. The molecule has 0 spiro atoms. The van der Waals surface area contributed by atoms with Gasteiger partial charge in [0, 0.05) is 30.2 Å². The average molecular weight is 449 g/mol. The minimum absolute atomic E-state index is 0.0422. The first-order chi connectivity index (χ1) is 13.5. The summed E-state index contributed by atoms with van der Waals surface area (Å²) < 4.78 is 66.4. The molecule has 1 aliphatic heterocycles. The Hall–Kier alpha value is -1.91. The predicted octanol–water partition coefficient (Wildman–Crippen LogP) is 3.55. The standard InChI is InChI=1S/C18H20ClF3N4O2S/c1-12-23-16(18(20,21)22)10-17(24-12)26-8-6-15(7-9-26)25-29(27,28)11-13-2-4-14(19)5-3-13/h2-5,10,15,25H,6-9,11H2,1H3. The summed E-state index contributed by atoms with van der Waals surface area (Å²) in [5, 5.41) is 0.528. The smallest absolute Gasteiger partial charge is 0.356 e. The maximum Gasteiger partial charge on any atom is 0.433 e. The van der Waals surface area contributed by atoms with Crippen LogP contribution < -0.4 is 9.62 Å². The van der Waals surface area contributed by atoms with Crippen molar-refractivity contribution >= 4 is 27.4 Å². The molecule has 1 N–H and O–H groups in total. The van der Waals surface area contributed by atoms with Crippen LogP contribution in [0.2, 0.25) is 5.02 Å². The topological polar surface area (TPSA) is 75.2 Å². The molecule has 29 heavy (non-hydrogen) atoms. The summed E-state index contributed by atoms with van der Waals surface area (Å²) in [5.74, 6) is 0.0812. The van der Waals surface area contributed by atoms with E-state index in [1.807, 2.05) is 0 Å². The summed E-state index contributed by atoms with van der Waals surface area (Å²) in [7, 11) is -3.55. The van der Waals surface area contributed by atoms with Crippen molar-refractivity contribution in [3.63, 3.8) is 0 Å². The fourth-order valence-electron chi connectivity index (χ4n) is 3.18. The molecule has 2 aromatic rings. The lowest BCUT2D eigenvalue weighted by atomic mass is 10.1. The van der Waals surface area contributed by atoms with Crippen LogP contribution in [-0.2, 0) is 22.0 Å². The number of hydrogen-bond acceptors (Lipinski definition) is 5. The van der Waals surface area contributed by atoms with Gasteiger partial charge in [0.1, 0.15) is 17.3 Å². The average Bonchev–Trinajstić information content (AvgIpc) is 2.62.